The normalized spacial score (nSPS) is 10.5. The number of amides is 1. The zero-order chi connectivity index (χ0) is 22.4. The lowest BCUT2D eigenvalue weighted by atomic mass is 10.1. The van der Waals surface area contributed by atoms with E-state index in [4.69, 9.17) is 9.47 Å². The molecule has 0 aliphatic heterocycles. The number of para-hydroxylation sites is 1. The average molecular weight is 417 g/mol. The first-order chi connectivity index (χ1) is 15.0. The Hall–Kier alpha value is -4.45. The van der Waals surface area contributed by atoms with Gasteiger partial charge in [-0.3, -0.25) is 9.59 Å². The Morgan fingerprint density at radius 1 is 1.16 bits per heavy atom. The number of hydrogen-bond acceptors (Lipinski definition) is 7. The number of carbonyl (C=O) groups excluding carboxylic acids is 1. The minimum absolute atomic E-state index is 0.0934. The van der Waals surface area contributed by atoms with Crippen molar-refractivity contribution in [2.75, 3.05) is 14.2 Å². The minimum atomic E-state index is -0.664. The Morgan fingerprint density at radius 2 is 1.87 bits per heavy atom. The molecule has 9 nitrogen and oxygen atoms in total. The molecule has 0 spiro atoms. The fraction of sp³-hybridized carbons (Fsp3) is 0.136. The van der Waals surface area contributed by atoms with Gasteiger partial charge < -0.3 is 9.47 Å². The maximum Gasteiger partial charge on any atom is 0.292 e. The molecule has 1 heterocycles. The molecular formula is C22H19N5O4. The van der Waals surface area contributed by atoms with E-state index < -0.39 is 11.5 Å². The van der Waals surface area contributed by atoms with Gasteiger partial charge in [-0.05, 0) is 43.3 Å². The van der Waals surface area contributed by atoms with Crippen molar-refractivity contribution in [3.05, 3.63) is 81.3 Å². The number of rotatable bonds is 6. The van der Waals surface area contributed by atoms with Crippen LogP contribution in [0.25, 0.3) is 5.69 Å². The molecule has 1 N–H and O–H groups in total. The van der Waals surface area contributed by atoms with Crippen LogP contribution in [0.15, 0.2) is 58.4 Å². The van der Waals surface area contributed by atoms with Gasteiger partial charge in [-0.1, -0.05) is 12.1 Å². The third kappa shape index (κ3) is 4.43. The molecule has 2 aromatic carbocycles. The monoisotopic (exact) mass is 417 g/mol. The largest absolute Gasteiger partial charge is 0.497 e. The van der Waals surface area contributed by atoms with Crippen molar-refractivity contribution in [3.8, 4) is 23.3 Å². The Balaban J connectivity index is 1.96. The van der Waals surface area contributed by atoms with Crippen LogP contribution in [0, 0.1) is 18.3 Å². The van der Waals surface area contributed by atoms with Crippen LogP contribution in [-0.4, -0.2) is 36.1 Å². The molecule has 31 heavy (non-hydrogen) atoms. The Kier molecular flexibility index (Phi) is 6.42. The van der Waals surface area contributed by atoms with Gasteiger partial charge in [0.05, 0.1) is 26.1 Å². The van der Waals surface area contributed by atoms with E-state index in [0.717, 1.165) is 4.68 Å². The topological polar surface area (TPSA) is 119 Å². The van der Waals surface area contributed by atoms with Gasteiger partial charge in [0.1, 0.15) is 23.1 Å². The summed E-state index contributed by atoms with van der Waals surface area (Å²) in [4.78, 5) is 25.4. The molecule has 0 saturated heterocycles. The molecule has 3 aromatic rings. The molecule has 0 aliphatic rings. The Bertz CT molecular complexity index is 1240. The SMILES string of the molecule is COc1ccc(-n2nc(C(=O)N/N=C/c3ccccc3OC)c(C)c(C#N)c2=O)cc1. The van der Waals surface area contributed by atoms with Crippen molar-refractivity contribution < 1.29 is 14.3 Å². The number of hydrazone groups is 1. The smallest absolute Gasteiger partial charge is 0.292 e. The second kappa shape index (κ2) is 9.37. The quantitative estimate of drug-likeness (QED) is 0.485. The van der Waals surface area contributed by atoms with Gasteiger partial charge in [0.25, 0.3) is 11.5 Å². The molecule has 1 aromatic heterocycles. The number of nitriles is 1. The van der Waals surface area contributed by atoms with Gasteiger partial charge in [-0.2, -0.15) is 20.1 Å². The first-order valence-electron chi connectivity index (χ1n) is 9.15. The van der Waals surface area contributed by atoms with Crippen molar-refractivity contribution in [2.24, 2.45) is 5.10 Å². The molecule has 0 atom stereocenters. The van der Waals surface area contributed by atoms with Crippen LogP contribution < -0.4 is 20.5 Å². The molecular weight excluding hydrogens is 398 g/mol. The molecule has 156 valence electrons. The summed E-state index contributed by atoms with van der Waals surface area (Å²) in [7, 11) is 3.05. The molecule has 0 unspecified atom stereocenters. The van der Waals surface area contributed by atoms with E-state index in [1.165, 1.54) is 27.4 Å². The number of benzene rings is 2. The number of aromatic nitrogens is 2. The van der Waals surface area contributed by atoms with Gasteiger partial charge in [-0.15, -0.1) is 0 Å². The third-order valence-electron chi connectivity index (χ3n) is 4.49. The lowest BCUT2D eigenvalue weighted by Gasteiger charge is -2.11. The molecule has 0 fully saturated rings. The van der Waals surface area contributed by atoms with Crippen LogP contribution in [-0.2, 0) is 0 Å². The van der Waals surface area contributed by atoms with Crippen LogP contribution in [0.1, 0.15) is 27.2 Å². The summed E-state index contributed by atoms with van der Waals surface area (Å²) < 4.78 is 11.3. The van der Waals surface area contributed by atoms with Crippen molar-refractivity contribution in [1.82, 2.24) is 15.2 Å². The van der Waals surface area contributed by atoms with E-state index >= 15 is 0 Å². The number of methoxy groups -OCH3 is 2. The summed E-state index contributed by atoms with van der Waals surface area (Å²) in [6.07, 6.45) is 1.43. The summed E-state index contributed by atoms with van der Waals surface area (Å²) in [5.41, 5.74) is 2.69. The second-order valence-electron chi connectivity index (χ2n) is 6.32. The maximum absolute atomic E-state index is 12.7. The lowest BCUT2D eigenvalue weighted by Crippen LogP contribution is -2.31. The zero-order valence-electron chi connectivity index (χ0n) is 17.1. The van der Waals surface area contributed by atoms with E-state index in [1.54, 1.807) is 42.5 Å². The molecule has 0 saturated carbocycles. The van der Waals surface area contributed by atoms with Crippen LogP contribution in [0.4, 0.5) is 0 Å². The van der Waals surface area contributed by atoms with Crippen molar-refractivity contribution in [3.63, 3.8) is 0 Å². The number of nitrogens with one attached hydrogen (secondary N) is 1. The molecule has 0 aliphatic carbocycles. The maximum atomic E-state index is 12.7. The summed E-state index contributed by atoms with van der Waals surface area (Å²) in [6, 6.07) is 15.5. The van der Waals surface area contributed by atoms with Crippen molar-refractivity contribution >= 4 is 12.1 Å². The van der Waals surface area contributed by atoms with Crippen molar-refractivity contribution in [1.29, 1.82) is 5.26 Å². The molecule has 0 radical (unpaired) electrons. The molecule has 1 amide bonds. The molecule has 9 heteroatoms. The van der Waals surface area contributed by atoms with E-state index in [2.05, 4.69) is 15.6 Å². The van der Waals surface area contributed by atoms with Gasteiger partial charge in [0.15, 0.2) is 5.69 Å². The fourth-order valence-corrected chi connectivity index (χ4v) is 2.84. The van der Waals surface area contributed by atoms with Crippen LogP contribution in [0.5, 0.6) is 11.5 Å². The predicted molar refractivity (Wildman–Crippen MR) is 114 cm³/mol. The number of nitrogens with zero attached hydrogens (tertiary/aromatic N) is 4. The molecule has 3 rings (SSSR count). The number of ether oxygens (including phenoxy) is 2. The Morgan fingerprint density at radius 3 is 2.52 bits per heavy atom. The van der Waals surface area contributed by atoms with Crippen LogP contribution in [0.3, 0.4) is 0 Å². The number of hydrogen-bond donors (Lipinski definition) is 1. The average Bonchev–Trinajstić information content (AvgIpc) is 2.80. The second-order valence-corrected chi connectivity index (χ2v) is 6.32. The number of carbonyl (C=O) groups is 1. The third-order valence-corrected chi connectivity index (χ3v) is 4.49. The van der Waals surface area contributed by atoms with Gasteiger partial charge in [0.2, 0.25) is 0 Å². The summed E-state index contributed by atoms with van der Waals surface area (Å²) in [5.74, 6) is 0.519. The zero-order valence-corrected chi connectivity index (χ0v) is 17.1. The summed E-state index contributed by atoms with van der Waals surface area (Å²) in [5, 5.41) is 17.6. The molecule has 0 bridgehead atoms. The minimum Gasteiger partial charge on any atom is -0.497 e. The first kappa shape index (κ1) is 21.3. The highest BCUT2D eigenvalue weighted by atomic mass is 16.5. The highest BCUT2D eigenvalue weighted by molar-refractivity contribution is 5.95. The van der Waals surface area contributed by atoms with E-state index in [9.17, 15) is 14.9 Å². The van der Waals surface area contributed by atoms with E-state index in [0.29, 0.717) is 22.7 Å². The van der Waals surface area contributed by atoms with Crippen LogP contribution >= 0.6 is 0 Å². The van der Waals surface area contributed by atoms with Crippen LogP contribution in [0.2, 0.25) is 0 Å². The standard InChI is InChI=1S/C22H19N5O4/c1-14-18(12-23)22(29)27(16-8-10-17(30-2)11-9-16)26-20(14)21(28)25-24-13-15-6-4-5-7-19(15)31-3/h4-11,13H,1-3H3,(H,25,28)/b24-13+. The van der Waals surface area contributed by atoms with Crippen molar-refractivity contribution in [2.45, 2.75) is 6.92 Å². The van der Waals surface area contributed by atoms with E-state index in [-0.39, 0.29) is 16.8 Å². The van der Waals surface area contributed by atoms with E-state index in [1.807, 2.05) is 12.1 Å². The highest BCUT2D eigenvalue weighted by Gasteiger charge is 2.20. The van der Waals surface area contributed by atoms with Gasteiger partial charge in [-0.25, -0.2) is 5.43 Å². The Labute approximate surface area is 178 Å². The predicted octanol–water partition coefficient (Wildman–Crippen LogP) is 2.19. The first-order valence-corrected chi connectivity index (χ1v) is 9.15. The lowest BCUT2D eigenvalue weighted by molar-refractivity contribution is 0.0947. The van der Waals surface area contributed by atoms with Gasteiger partial charge >= 0.3 is 0 Å². The van der Waals surface area contributed by atoms with Gasteiger partial charge in [0, 0.05) is 11.1 Å². The summed E-state index contributed by atoms with van der Waals surface area (Å²) in [6.45, 7) is 1.49. The highest BCUT2D eigenvalue weighted by Crippen LogP contribution is 2.16. The summed E-state index contributed by atoms with van der Waals surface area (Å²) >= 11 is 0. The fourth-order valence-electron chi connectivity index (χ4n) is 2.84.